The van der Waals surface area contributed by atoms with Gasteiger partial charge in [-0.25, -0.2) is 25.3 Å². The van der Waals surface area contributed by atoms with Crippen LogP contribution in [0.15, 0.2) is 0 Å². The van der Waals surface area contributed by atoms with Crippen molar-refractivity contribution in [3.8, 4) is 0 Å². The van der Waals surface area contributed by atoms with E-state index >= 15 is 0 Å². The Balaban J connectivity index is 2.77. The zero-order valence-corrected chi connectivity index (χ0v) is 7.07. The summed E-state index contributed by atoms with van der Waals surface area (Å²) in [7, 11) is 1.38. The summed E-state index contributed by atoms with van der Waals surface area (Å²) in [5.74, 6) is 5.41. The van der Waals surface area contributed by atoms with Crippen molar-refractivity contribution in [2.75, 3.05) is 7.05 Å². The molecule has 0 spiro atoms. The number of hydrogen-bond acceptors (Lipinski definition) is 3. The number of carbonyl (C=O) groups excluding carboxylic acids is 2. The zero-order chi connectivity index (χ0) is 9.30. The lowest BCUT2D eigenvalue weighted by atomic mass is 10.3. The molecule has 12 heavy (non-hydrogen) atoms. The summed E-state index contributed by atoms with van der Waals surface area (Å²) in [6, 6.07) is -0.890. The SMILES string of the molecule is CCC1NC(=O)N(C)C(=O)N1N. The van der Waals surface area contributed by atoms with Gasteiger partial charge in [0.05, 0.1) is 0 Å². The summed E-state index contributed by atoms with van der Waals surface area (Å²) in [6.07, 6.45) is 0.211. The first kappa shape index (κ1) is 8.79. The fraction of sp³-hybridized carbons (Fsp3) is 0.667. The molecule has 0 aromatic rings. The molecule has 1 unspecified atom stereocenters. The molecule has 1 aliphatic rings. The van der Waals surface area contributed by atoms with Crippen molar-refractivity contribution in [1.82, 2.24) is 15.2 Å². The molecule has 0 bridgehead atoms. The van der Waals surface area contributed by atoms with Gasteiger partial charge in [0.1, 0.15) is 6.17 Å². The van der Waals surface area contributed by atoms with Crippen LogP contribution in [0, 0.1) is 0 Å². The Labute approximate surface area is 70.3 Å². The van der Waals surface area contributed by atoms with E-state index in [1.54, 1.807) is 0 Å². The van der Waals surface area contributed by atoms with Crippen molar-refractivity contribution in [3.05, 3.63) is 0 Å². The largest absolute Gasteiger partial charge is 0.343 e. The van der Waals surface area contributed by atoms with E-state index in [9.17, 15) is 9.59 Å². The second kappa shape index (κ2) is 2.98. The molecular formula is C6H12N4O2. The van der Waals surface area contributed by atoms with Gasteiger partial charge < -0.3 is 5.32 Å². The van der Waals surface area contributed by atoms with Gasteiger partial charge in [-0.15, -0.1) is 0 Å². The number of hydrogen-bond donors (Lipinski definition) is 2. The lowest BCUT2D eigenvalue weighted by molar-refractivity contribution is 0.108. The first-order valence-corrected chi connectivity index (χ1v) is 3.70. The molecule has 1 aliphatic heterocycles. The number of nitrogens with zero attached hydrogens (tertiary/aromatic N) is 2. The number of hydrazine groups is 1. The van der Waals surface area contributed by atoms with Crippen molar-refractivity contribution in [3.63, 3.8) is 0 Å². The fourth-order valence-electron chi connectivity index (χ4n) is 1.00. The van der Waals surface area contributed by atoms with Crippen LogP contribution < -0.4 is 11.2 Å². The molecule has 6 heteroatoms. The quantitative estimate of drug-likeness (QED) is 0.420. The highest BCUT2D eigenvalue weighted by molar-refractivity contribution is 5.95. The smallest absolute Gasteiger partial charge is 0.316 e. The van der Waals surface area contributed by atoms with E-state index in [1.807, 2.05) is 6.92 Å². The number of nitrogens with one attached hydrogen (secondary N) is 1. The Kier molecular flexibility index (Phi) is 2.18. The molecule has 1 atom stereocenters. The highest BCUT2D eigenvalue weighted by Crippen LogP contribution is 2.06. The average molecular weight is 172 g/mol. The van der Waals surface area contributed by atoms with E-state index in [-0.39, 0.29) is 6.17 Å². The third kappa shape index (κ3) is 1.20. The molecule has 0 radical (unpaired) electrons. The van der Waals surface area contributed by atoms with Crippen LogP contribution in [0.2, 0.25) is 0 Å². The highest BCUT2D eigenvalue weighted by atomic mass is 16.2. The summed E-state index contributed by atoms with van der Waals surface area (Å²) < 4.78 is 0. The molecule has 6 nitrogen and oxygen atoms in total. The van der Waals surface area contributed by atoms with Gasteiger partial charge in [-0.3, -0.25) is 0 Å². The number of imide groups is 1. The maximum Gasteiger partial charge on any atom is 0.343 e. The van der Waals surface area contributed by atoms with Crippen LogP contribution >= 0.6 is 0 Å². The van der Waals surface area contributed by atoms with E-state index in [4.69, 9.17) is 5.84 Å². The van der Waals surface area contributed by atoms with E-state index in [0.717, 1.165) is 9.91 Å². The molecule has 1 heterocycles. The molecule has 4 amide bonds. The molecular weight excluding hydrogens is 160 g/mol. The maximum absolute atomic E-state index is 11.2. The minimum atomic E-state index is -0.481. The number of urea groups is 2. The minimum Gasteiger partial charge on any atom is -0.316 e. The molecule has 0 aliphatic carbocycles. The lowest BCUT2D eigenvalue weighted by Crippen LogP contribution is -2.65. The average Bonchev–Trinajstić information content (AvgIpc) is 2.08. The molecule has 1 fully saturated rings. The molecule has 1 saturated heterocycles. The van der Waals surface area contributed by atoms with Crippen LogP contribution in [0.25, 0.3) is 0 Å². The number of carbonyl (C=O) groups is 2. The Bertz CT molecular complexity index is 218. The van der Waals surface area contributed by atoms with Crippen molar-refractivity contribution >= 4 is 12.1 Å². The number of rotatable bonds is 1. The Morgan fingerprint density at radius 3 is 2.67 bits per heavy atom. The normalized spacial score (nSPS) is 24.4. The Morgan fingerprint density at radius 2 is 2.17 bits per heavy atom. The van der Waals surface area contributed by atoms with Crippen LogP contribution in [0.3, 0.4) is 0 Å². The van der Waals surface area contributed by atoms with Crippen molar-refractivity contribution in [1.29, 1.82) is 0 Å². The van der Waals surface area contributed by atoms with E-state index in [1.165, 1.54) is 7.05 Å². The number of nitrogens with two attached hydrogens (primary N) is 1. The molecule has 0 aromatic heterocycles. The predicted octanol–water partition coefficient (Wildman–Crippen LogP) is -0.327. The van der Waals surface area contributed by atoms with Gasteiger partial charge in [-0.2, -0.15) is 0 Å². The van der Waals surface area contributed by atoms with Crippen LogP contribution in [0.4, 0.5) is 9.59 Å². The van der Waals surface area contributed by atoms with Crippen molar-refractivity contribution in [2.45, 2.75) is 19.5 Å². The summed E-state index contributed by atoms with van der Waals surface area (Å²) in [5.41, 5.74) is 0. The monoisotopic (exact) mass is 172 g/mol. The maximum atomic E-state index is 11.2. The van der Waals surface area contributed by atoms with Crippen molar-refractivity contribution < 1.29 is 9.59 Å². The lowest BCUT2D eigenvalue weighted by Gasteiger charge is -2.35. The van der Waals surface area contributed by atoms with Crippen LogP contribution in [0.1, 0.15) is 13.3 Å². The van der Waals surface area contributed by atoms with Gasteiger partial charge in [0, 0.05) is 7.05 Å². The minimum absolute atomic E-state index is 0.388. The van der Waals surface area contributed by atoms with Gasteiger partial charge in [0.2, 0.25) is 0 Å². The molecule has 68 valence electrons. The Hall–Kier alpha value is -1.30. The second-order valence-electron chi connectivity index (χ2n) is 2.62. The van der Waals surface area contributed by atoms with Gasteiger partial charge in [-0.1, -0.05) is 6.92 Å². The van der Waals surface area contributed by atoms with Gasteiger partial charge in [-0.05, 0) is 6.42 Å². The highest BCUT2D eigenvalue weighted by Gasteiger charge is 2.33. The van der Waals surface area contributed by atoms with Crippen LogP contribution in [0.5, 0.6) is 0 Å². The molecule has 0 saturated carbocycles. The zero-order valence-electron chi connectivity index (χ0n) is 7.07. The Morgan fingerprint density at radius 1 is 1.58 bits per heavy atom. The number of amides is 4. The van der Waals surface area contributed by atoms with Gasteiger partial charge in [0.15, 0.2) is 0 Å². The van der Waals surface area contributed by atoms with Crippen molar-refractivity contribution in [2.24, 2.45) is 5.84 Å². The third-order valence-corrected chi connectivity index (χ3v) is 1.83. The topological polar surface area (TPSA) is 78.7 Å². The molecule has 3 N–H and O–H groups in total. The van der Waals surface area contributed by atoms with Crippen LogP contribution in [-0.4, -0.2) is 35.2 Å². The second-order valence-corrected chi connectivity index (χ2v) is 2.62. The van der Waals surface area contributed by atoms with E-state index in [0.29, 0.717) is 6.42 Å². The summed E-state index contributed by atoms with van der Waals surface area (Å²) in [4.78, 5) is 23.1. The summed E-state index contributed by atoms with van der Waals surface area (Å²) >= 11 is 0. The van der Waals surface area contributed by atoms with E-state index in [2.05, 4.69) is 5.32 Å². The standard InChI is InChI=1S/C6H12N4O2/c1-3-4-8-5(11)9(2)6(12)10(4)7/h4H,3,7H2,1-2H3,(H,8,11). The summed E-state index contributed by atoms with van der Waals surface area (Å²) in [5, 5.41) is 3.58. The van der Waals surface area contributed by atoms with Crippen LogP contribution in [-0.2, 0) is 0 Å². The van der Waals surface area contributed by atoms with E-state index < -0.39 is 12.1 Å². The fourth-order valence-corrected chi connectivity index (χ4v) is 1.00. The van der Waals surface area contributed by atoms with Gasteiger partial charge >= 0.3 is 12.1 Å². The molecule has 0 aromatic carbocycles. The summed E-state index contributed by atoms with van der Waals surface area (Å²) in [6.45, 7) is 1.84. The first-order valence-electron chi connectivity index (χ1n) is 3.70. The molecule has 1 rings (SSSR count). The van der Waals surface area contributed by atoms with Gasteiger partial charge in [0.25, 0.3) is 0 Å². The first-order chi connectivity index (χ1) is 5.57. The predicted molar refractivity (Wildman–Crippen MR) is 41.8 cm³/mol. The third-order valence-electron chi connectivity index (χ3n) is 1.83.